The van der Waals surface area contributed by atoms with Gasteiger partial charge in [-0.1, -0.05) is 35.9 Å². The van der Waals surface area contributed by atoms with Gasteiger partial charge in [0, 0.05) is 12.1 Å². The van der Waals surface area contributed by atoms with Crippen LogP contribution in [-0.2, 0) is 0 Å². The summed E-state index contributed by atoms with van der Waals surface area (Å²) in [5, 5.41) is 9.82. The maximum atomic E-state index is 11.2. The third-order valence-corrected chi connectivity index (χ3v) is 3.97. The highest BCUT2D eigenvalue weighted by Crippen LogP contribution is 2.34. The molecule has 0 amide bonds. The first kappa shape index (κ1) is 15.2. The Balaban J connectivity index is 2.41. The van der Waals surface area contributed by atoms with Gasteiger partial charge in [0.25, 0.3) is 0 Å². The van der Waals surface area contributed by atoms with Gasteiger partial charge in [0.05, 0.1) is 23.0 Å². The van der Waals surface area contributed by atoms with E-state index in [0.717, 1.165) is 5.56 Å². The van der Waals surface area contributed by atoms with Crippen molar-refractivity contribution in [3.8, 4) is 0 Å². The number of nitrogens with two attached hydrogens (primary N) is 1. The molecule has 0 fully saturated rings. The van der Waals surface area contributed by atoms with Gasteiger partial charge in [-0.25, -0.2) is 4.79 Å². The van der Waals surface area contributed by atoms with Crippen molar-refractivity contribution < 1.29 is 9.90 Å². The van der Waals surface area contributed by atoms with Crippen LogP contribution in [0.2, 0.25) is 5.02 Å². The van der Waals surface area contributed by atoms with Gasteiger partial charge in [-0.15, -0.1) is 0 Å². The summed E-state index contributed by atoms with van der Waals surface area (Å²) < 4.78 is 0. The second kappa shape index (κ2) is 6.06. The first-order chi connectivity index (χ1) is 9.93. The van der Waals surface area contributed by atoms with Crippen LogP contribution in [0.3, 0.4) is 0 Å². The normalized spacial score (nSPS) is 12.0. The van der Waals surface area contributed by atoms with Crippen molar-refractivity contribution in [2.45, 2.75) is 13.0 Å². The van der Waals surface area contributed by atoms with Crippen molar-refractivity contribution in [3.63, 3.8) is 0 Å². The number of carbonyl (C=O) groups is 1. The molecule has 0 aliphatic rings. The zero-order valence-corrected chi connectivity index (χ0v) is 12.6. The smallest absolute Gasteiger partial charge is 0.337 e. The Bertz CT molecular complexity index is 673. The van der Waals surface area contributed by atoms with E-state index in [2.05, 4.69) is 0 Å². The molecule has 2 aromatic rings. The Morgan fingerprint density at radius 3 is 2.52 bits per heavy atom. The summed E-state index contributed by atoms with van der Waals surface area (Å²) in [5.41, 5.74) is 7.97. The molecule has 3 N–H and O–H groups in total. The van der Waals surface area contributed by atoms with E-state index >= 15 is 0 Å². The molecule has 1 atom stereocenters. The number of halogens is 1. The second-order valence-corrected chi connectivity index (χ2v) is 5.26. The minimum atomic E-state index is -1.03. The lowest BCUT2D eigenvalue weighted by atomic mass is 10.0. The highest BCUT2D eigenvalue weighted by atomic mass is 35.5. The summed E-state index contributed by atoms with van der Waals surface area (Å²) in [6.45, 7) is 1.99. The molecule has 4 nitrogen and oxygen atoms in total. The van der Waals surface area contributed by atoms with Crippen molar-refractivity contribution in [1.82, 2.24) is 0 Å². The fourth-order valence-electron chi connectivity index (χ4n) is 2.28. The molecule has 0 aliphatic heterocycles. The number of nitrogen functional groups attached to an aromatic ring is 1. The van der Waals surface area contributed by atoms with Gasteiger partial charge < -0.3 is 15.7 Å². The molecule has 0 heterocycles. The van der Waals surface area contributed by atoms with Gasteiger partial charge in [0.1, 0.15) is 0 Å². The predicted octanol–water partition coefficient (Wildman–Crippen LogP) is 3.82. The molecule has 1 unspecified atom stereocenters. The fraction of sp³-hybridized carbons (Fsp3) is 0.188. The summed E-state index contributed by atoms with van der Waals surface area (Å²) >= 11 is 6.22. The highest BCUT2D eigenvalue weighted by molar-refractivity contribution is 6.31. The molecule has 0 saturated heterocycles. The first-order valence-electron chi connectivity index (χ1n) is 6.52. The van der Waals surface area contributed by atoms with Crippen molar-refractivity contribution in [3.05, 3.63) is 58.6 Å². The zero-order chi connectivity index (χ0) is 15.6. The highest BCUT2D eigenvalue weighted by Gasteiger charge is 2.19. The number of anilines is 2. The van der Waals surface area contributed by atoms with Gasteiger partial charge >= 0.3 is 5.97 Å². The molecule has 2 rings (SSSR count). The lowest BCUT2D eigenvalue weighted by Gasteiger charge is -2.29. The lowest BCUT2D eigenvalue weighted by molar-refractivity contribution is 0.0698. The van der Waals surface area contributed by atoms with E-state index < -0.39 is 5.97 Å². The molecule has 5 heteroatoms. The van der Waals surface area contributed by atoms with Crippen LogP contribution in [-0.4, -0.2) is 18.1 Å². The number of carboxylic acids is 1. The summed E-state index contributed by atoms with van der Waals surface area (Å²) in [7, 11) is 1.87. The van der Waals surface area contributed by atoms with Crippen molar-refractivity contribution >= 4 is 28.9 Å². The third kappa shape index (κ3) is 2.95. The number of aromatic carboxylic acids is 1. The molecular formula is C16H17ClN2O2. The Labute approximate surface area is 128 Å². The molecular weight excluding hydrogens is 288 g/mol. The van der Waals surface area contributed by atoms with Gasteiger partial charge in [0.15, 0.2) is 0 Å². The Morgan fingerprint density at radius 2 is 1.90 bits per heavy atom. The molecule has 0 bridgehead atoms. The predicted molar refractivity (Wildman–Crippen MR) is 86.1 cm³/mol. The van der Waals surface area contributed by atoms with Crippen molar-refractivity contribution in [2.24, 2.45) is 0 Å². The van der Waals surface area contributed by atoms with Gasteiger partial charge in [-0.05, 0) is 30.7 Å². The summed E-state index contributed by atoms with van der Waals surface area (Å²) in [4.78, 5) is 13.1. The molecule has 110 valence electrons. The van der Waals surface area contributed by atoms with Crippen LogP contribution in [0.1, 0.15) is 28.9 Å². The van der Waals surface area contributed by atoms with E-state index in [9.17, 15) is 4.79 Å². The van der Waals surface area contributed by atoms with E-state index in [-0.39, 0.29) is 17.3 Å². The van der Waals surface area contributed by atoms with E-state index in [4.69, 9.17) is 22.4 Å². The summed E-state index contributed by atoms with van der Waals surface area (Å²) in [6, 6.07) is 12.5. The number of benzene rings is 2. The maximum Gasteiger partial charge on any atom is 0.337 e. The third-order valence-electron chi connectivity index (χ3n) is 3.63. The average Bonchev–Trinajstić information content (AvgIpc) is 2.46. The molecule has 0 aromatic heterocycles. The van der Waals surface area contributed by atoms with E-state index in [1.807, 2.05) is 43.1 Å². The fourth-order valence-corrected chi connectivity index (χ4v) is 2.57. The van der Waals surface area contributed by atoms with Crippen molar-refractivity contribution in [1.29, 1.82) is 0 Å². The Kier molecular flexibility index (Phi) is 4.38. The maximum absolute atomic E-state index is 11.2. The van der Waals surface area contributed by atoms with Crippen molar-refractivity contribution in [2.75, 3.05) is 17.7 Å². The molecule has 21 heavy (non-hydrogen) atoms. The SMILES string of the molecule is CC(c1ccccc1Cl)N(C)c1cccc(C(=O)O)c1N. The summed E-state index contributed by atoms with van der Waals surface area (Å²) in [6.07, 6.45) is 0. The first-order valence-corrected chi connectivity index (χ1v) is 6.90. The van der Waals surface area contributed by atoms with Crippen LogP contribution < -0.4 is 10.6 Å². The lowest BCUT2D eigenvalue weighted by Crippen LogP contribution is -2.23. The Morgan fingerprint density at radius 1 is 1.24 bits per heavy atom. The molecule has 0 aliphatic carbocycles. The van der Waals surface area contributed by atoms with Gasteiger partial charge in [-0.2, -0.15) is 0 Å². The molecule has 0 saturated carbocycles. The number of carboxylic acid groups (broad SMARTS) is 1. The topological polar surface area (TPSA) is 66.6 Å². The number of nitrogens with zero attached hydrogens (tertiary/aromatic N) is 1. The molecule has 2 aromatic carbocycles. The number of para-hydroxylation sites is 1. The zero-order valence-electron chi connectivity index (χ0n) is 11.9. The minimum absolute atomic E-state index is 0.0370. The standard InChI is InChI=1S/C16H17ClN2O2/c1-10(11-6-3-4-8-13(11)17)19(2)14-9-5-7-12(15(14)18)16(20)21/h3-10H,18H2,1-2H3,(H,20,21). The number of hydrogen-bond donors (Lipinski definition) is 2. The largest absolute Gasteiger partial charge is 0.478 e. The van der Waals surface area contributed by atoms with E-state index in [1.165, 1.54) is 6.07 Å². The van der Waals surface area contributed by atoms with Crippen LogP contribution >= 0.6 is 11.6 Å². The second-order valence-electron chi connectivity index (χ2n) is 4.85. The van der Waals surface area contributed by atoms with Crippen LogP contribution in [0.5, 0.6) is 0 Å². The van der Waals surface area contributed by atoms with E-state index in [0.29, 0.717) is 10.7 Å². The van der Waals surface area contributed by atoms with Crippen LogP contribution in [0.25, 0.3) is 0 Å². The Hall–Kier alpha value is -2.20. The molecule has 0 spiro atoms. The van der Waals surface area contributed by atoms with Crippen LogP contribution in [0.4, 0.5) is 11.4 Å². The minimum Gasteiger partial charge on any atom is -0.478 e. The summed E-state index contributed by atoms with van der Waals surface area (Å²) in [5.74, 6) is -1.03. The number of hydrogen-bond acceptors (Lipinski definition) is 3. The monoisotopic (exact) mass is 304 g/mol. The number of rotatable bonds is 4. The average molecular weight is 305 g/mol. The van der Waals surface area contributed by atoms with Gasteiger partial charge in [0.2, 0.25) is 0 Å². The van der Waals surface area contributed by atoms with Gasteiger partial charge in [-0.3, -0.25) is 0 Å². The quantitative estimate of drug-likeness (QED) is 0.843. The van der Waals surface area contributed by atoms with E-state index in [1.54, 1.807) is 12.1 Å². The van der Waals surface area contributed by atoms with Crippen LogP contribution in [0, 0.1) is 0 Å². The molecule has 0 radical (unpaired) electrons. The van der Waals surface area contributed by atoms with Crippen LogP contribution in [0.15, 0.2) is 42.5 Å².